The molecule has 4 aliphatic rings. The van der Waals surface area contributed by atoms with E-state index in [1.807, 2.05) is 24.3 Å². The average molecular weight is 929 g/mol. The summed E-state index contributed by atoms with van der Waals surface area (Å²) < 4.78 is 29.1. The van der Waals surface area contributed by atoms with Gasteiger partial charge in [-0.2, -0.15) is 5.10 Å². The van der Waals surface area contributed by atoms with E-state index in [4.69, 9.17) is 23.7 Å². The number of anilines is 1. The van der Waals surface area contributed by atoms with Crippen LogP contribution in [0.1, 0.15) is 75.5 Å². The van der Waals surface area contributed by atoms with Crippen LogP contribution in [0.25, 0.3) is 10.8 Å². The van der Waals surface area contributed by atoms with Crippen molar-refractivity contribution in [1.29, 1.82) is 0 Å². The van der Waals surface area contributed by atoms with E-state index in [-0.39, 0.29) is 44.5 Å². The van der Waals surface area contributed by atoms with Crippen LogP contribution in [0.3, 0.4) is 0 Å². The largest absolute Gasteiger partial charge is 0.507 e. The van der Waals surface area contributed by atoms with E-state index < -0.39 is 88.8 Å². The fraction of sp³-hybridized carbons (Fsp3) is 0.480. The number of methoxy groups -OCH3 is 2. The molecule has 9 unspecified atom stereocenters. The second-order valence-corrected chi connectivity index (χ2v) is 17.9. The number of nitrogens with zero attached hydrogens (tertiary/aromatic N) is 3. The number of carbonyl (C=O) groups is 3. The van der Waals surface area contributed by atoms with Crippen LogP contribution in [-0.2, 0) is 30.3 Å². The minimum Gasteiger partial charge on any atom is -0.507 e. The molecule has 17 heteroatoms. The number of carbonyl (C=O) groups excluding carboxylic acids is 3. The number of amides is 1. The van der Waals surface area contributed by atoms with Crippen molar-refractivity contribution < 1.29 is 63.6 Å². The molecule has 0 aliphatic carbocycles. The van der Waals surface area contributed by atoms with Crippen LogP contribution in [0.2, 0.25) is 0 Å². The van der Waals surface area contributed by atoms with Crippen molar-refractivity contribution in [1.82, 2.24) is 9.91 Å². The number of hydrazone groups is 1. The number of rotatable bonds is 7. The Bertz CT molecular complexity index is 2480. The molecule has 9 atom stereocenters. The Morgan fingerprint density at radius 2 is 1.64 bits per heavy atom. The van der Waals surface area contributed by atoms with Gasteiger partial charge in [-0.15, -0.1) is 0 Å². The Morgan fingerprint density at radius 3 is 2.30 bits per heavy atom. The second-order valence-electron chi connectivity index (χ2n) is 17.9. The standard InChI is InChI=1S/C50H64N4O13/c1-26-13-11-14-27(2)49(62)52-40-35(24-51-54-20-18-53(19-21-54)25-33-15-12-16-34(23-33)63-9)44(59)37-38(45(40)60)43(58)31(6)47-39(37)48(61)50(8,67-47)65-22-17-36(64-10)28(3)46(66-32(7)55)30(5)42(57)29(4)41(26)56/h11-17,22-24,26,28-30,36,41-42,46,56-60H,18-21,25H2,1-10H3,(H,52,62)/b13-11+,22-17+,27-14?,51-24+. The fourth-order valence-electron chi connectivity index (χ4n) is 9.05. The smallest absolute Gasteiger partial charge is 0.312 e. The third-order valence-electron chi connectivity index (χ3n) is 13.3. The van der Waals surface area contributed by atoms with Gasteiger partial charge >= 0.3 is 11.8 Å². The summed E-state index contributed by atoms with van der Waals surface area (Å²) in [6, 6.07) is 7.85. The van der Waals surface area contributed by atoms with E-state index in [1.165, 1.54) is 59.4 Å². The highest BCUT2D eigenvalue weighted by Gasteiger charge is 2.50. The van der Waals surface area contributed by atoms with Crippen LogP contribution < -0.4 is 14.8 Å². The zero-order valence-electron chi connectivity index (χ0n) is 39.8. The van der Waals surface area contributed by atoms with Crippen molar-refractivity contribution >= 4 is 40.3 Å². The molecule has 3 aromatic carbocycles. The van der Waals surface area contributed by atoms with Crippen molar-refractivity contribution in [2.24, 2.45) is 28.8 Å². The maximum atomic E-state index is 14.6. The molecule has 4 heterocycles. The molecule has 362 valence electrons. The van der Waals surface area contributed by atoms with Gasteiger partial charge in [-0.1, -0.05) is 58.1 Å². The predicted molar refractivity (Wildman–Crippen MR) is 251 cm³/mol. The van der Waals surface area contributed by atoms with Gasteiger partial charge in [0, 0.05) is 93.9 Å². The molecule has 67 heavy (non-hydrogen) atoms. The molecule has 0 aromatic heterocycles. The zero-order valence-corrected chi connectivity index (χ0v) is 39.8. The number of piperazine rings is 1. The molecule has 17 nitrogen and oxygen atoms in total. The summed E-state index contributed by atoms with van der Waals surface area (Å²) >= 11 is 0. The summed E-state index contributed by atoms with van der Waals surface area (Å²) in [5.41, 5.74) is 0.674. The van der Waals surface area contributed by atoms with Crippen molar-refractivity contribution in [3.8, 4) is 28.7 Å². The average Bonchev–Trinajstić information content (AvgIpc) is 3.57. The minimum absolute atomic E-state index is 0.0461. The number of ketones is 1. The Labute approximate surface area is 390 Å². The second kappa shape index (κ2) is 20.8. The van der Waals surface area contributed by atoms with E-state index in [9.17, 15) is 39.9 Å². The molecule has 1 fully saturated rings. The first-order chi connectivity index (χ1) is 31.7. The number of allylic oxidation sites excluding steroid dienone is 2. The first kappa shape index (κ1) is 50.3. The van der Waals surface area contributed by atoms with E-state index in [2.05, 4.69) is 15.3 Å². The number of aromatic hydroxyl groups is 3. The SMILES string of the molecule is COc1cccc(CN2CCN(/N=C/c3c4c(O)c5c(O)c(C)c6c(c5c3O)C(=O)C(C)(O/C=C/C(OC)C(C)C(OC(C)=O)C(C)C(O)C(C)C(O)C(C)/C=C/C=C(C)C(=O)N4)O6)CC2)c1. The number of phenolic OH excluding ortho intramolecular Hbond substituents is 3. The molecule has 1 amide bonds. The van der Waals surface area contributed by atoms with Crippen LogP contribution in [0.4, 0.5) is 5.69 Å². The highest BCUT2D eigenvalue weighted by molar-refractivity contribution is 6.23. The van der Waals surface area contributed by atoms with Crippen molar-refractivity contribution in [2.75, 3.05) is 45.7 Å². The van der Waals surface area contributed by atoms with Gasteiger partial charge in [0.25, 0.3) is 11.7 Å². The molecule has 6 N–H and O–H groups in total. The van der Waals surface area contributed by atoms with E-state index >= 15 is 0 Å². The maximum absolute atomic E-state index is 14.6. The van der Waals surface area contributed by atoms with Gasteiger partial charge in [0.1, 0.15) is 29.1 Å². The van der Waals surface area contributed by atoms with Crippen LogP contribution in [0.15, 0.2) is 65.5 Å². The number of hydrogen-bond acceptors (Lipinski definition) is 16. The molecule has 0 saturated carbocycles. The molecule has 1 saturated heterocycles. The molecular weight excluding hydrogens is 865 g/mol. The molecule has 5 bridgehead atoms. The Hall–Kier alpha value is -6.14. The number of phenols is 3. The summed E-state index contributed by atoms with van der Waals surface area (Å²) in [5, 5.41) is 67.6. The fourth-order valence-corrected chi connectivity index (χ4v) is 9.05. The highest BCUT2D eigenvalue weighted by Crippen LogP contribution is 2.55. The number of hydrogen-bond donors (Lipinski definition) is 6. The zero-order chi connectivity index (χ0) is 49.1. The lowest BCUT2D eigenvalue weighted by molar-refractivity contribution is -0.160. The van der Waals surface area contributed by atoms with Gasteiger partial charge < -0.3 is 54.5 Å². The van der Waals surface area contributed by atoms with Gasteiger partial charge in [0.2, 0.25) is 0 Å². The molecule has 7 rings (SSSR count). The Morgan fingerprint density at radius 1 is 0.940 bits per heavy atom. The third-order valence-corrected chi connectivity index (χ3v) is 13.3. The van der Waals surface area contributed by atoms with E-state index in [1.54, 1.807) is 52.0 Å². The lowest BCUT2D eigenvalue weighted by atomic mass is 9.78. The van der Waals surface area contributed by atoms with Crippen LogP contribution in [-0.4, -0.2) is 130 Å². The maximum Gasteiger partial charge on any atom is 0.312 e. The lowest BCUT2D eigenvalue weighted by Gasteiger charge is -2.38. The number of fused-ring (bicyclic) bond motifs is 14. The first-order valence-electron chi connectivity index (χ1n) is 22.4. The molecule has 3 aromatic rings. The summed E-state index contributed by atoms with van der Waals surface area (Å²) in [5.74, 6) is -7.73. The Balaban J connectivity index is 1.44. The van der Waals surface area contributed by atoms with Gasteiger partial charge in [-0.25, -0.2) is 0 Å². The van der Waals surface area contributed by atoms with Gasteiger partial charge in [0.15, 0.2) is 5.75 Å². The van der Waals surface area contributed by atoms with Crippen molar-refractivity contribution in [3.63, 3.8) is 0 Å². The molecule has 4 aliphatic heterocycles. The summed E-state index contributed by atoms with van der Waals surface area (Å²) in [6.45, 7) is 15.5. The summed E-state index contributed by atoms with van der Waals surface area (Å²) in [6.07, 6.45) is 4.82. The predicted octanol–water partition coefficient (Wildman–Crippen LogP) is 5.91. The van der Waals surface area contributed by atoms with Gasteiger partial charge in [-0.05, 0) is 37.6 Å². The first-order valence-corrected chi connectivity index (χ1v) is 22.4. The van der Waals surface area contributed by atoms with E-state index in [0.29, 0.717) is 32.7 Å². The number of benzene rings is 3. The number of aliphatic hydroxyl groups is 2. The van der Waals surface area contributed by atoms with Crippen LogP contribution in [0.5, 0.6) is 28.7 Å². The summed E-state index contributed by atoms with van der Waals surface area (Å²) in [4.78, 5) is 43.2. The number of aliphatic hydroxyl groups excluding tert-OH is 2. The number of nitrogens with one attached hydrogen (secondary N) is 1. The monoisotopic (exact) mass is 928 g/mol. The van der Waals surface area contributed by atoms with E-state index in [0.717, 1.165) is 11.3 Å². The van der Waals surface area contributed by atoms with Crippen LogP contribution in [0, 0.1) is 30.6 Å². The van der Waals surface area contributed by atoms with Crippen molar-refractivity contribution in [2.45, 2.75) is 92.1 Å². The van der Waals surface area contributed by atoms with Gasteiger partial charge in [-0.3, -0.25) is 24.3 Å². The quantitative estimate of drug-likeness (QED) is 0.0700. The molecule has 0 radical (unpaired) electrons. The van der Waals surface area contributed by atoms with Gasteiger partial charge in [0.05, 0.1) is 60.1 Å². The topological polar surface area (TPSA) is 229 Å². The molecule has 0 spiro atoms. The third kappa shape index (κ3) is 10.4. The molecular formula is C50H64N4O13. The van der Waals surface area contributed by atoms with Crippen LogP contribution >= 0.6 is 0 Å². The number of Topliss-reactive ketones (excluding diaryl/α,β-unsaturated/α-hetero) is 1. The Kier molecular flexibility index (Phi) is 15.6. The normalized spacial score (nSPS) is 28.8. The highest BCUT2D eigenvalue weighted by atomic mass is 16.7. The number of ether oxygens (including phenoxy) is 5. The summed E-state index contributed by atoms with van der Waals surface area (Å²) in [7, 11) is 3.06. The van der Waals surface area contributed by atoms with Crippen molar-refractivity contribution in [3.05, 3.63) is 82.7 Å². The minimum atomic E-state index is -2.07. The lowest BCUT2D eigenvalue weighted by Crippen LogP contribution is -2.46. The number of esters is 1.